The summed E-state index contributed by atoms with van der Waals surface area (Å²) in [5.41, 5.74) is 0.422. The van der Waals surface area contributed by atoms with Crippen molar-refractivity contribution in [2.24, 2.45) is 0 Å². The van der Waals surface area contributed by atoms with Crippen molar-refractivity contribution in [3.8, 4) is 0 Å². The third kappa shape index (κ3) is 4.20. The van der Waals surface area contributed by atoms with E-state index >= 15 is 0 Å². The lowest BCUT2D eigenvalue weighted by Gasteiger charge is -2.35. The number of carbonyl (C=O) groups excluding carboxylic acids is 1. The summed E-state index contributed by atoms with van der Waals surface area (Å²) >= 11 is 0. The highest BCUT2D eigenvalue weighted by Gasteiger charge is 2.30. The zero-order chi connectivity index (χ0) is 13.0. The quantitative estimate of drug-likeness (QED) is 0.786. The molecule has 4 nitrogen and oxygen atoms in total. The molecule has 1 heterocycles. The predicted octanol–water partition coefficient (Wildman–Crippen LogP) is 1.40. The number of aliphatic hydroxyl groups is 1. The Hall–Kier alpha value is -1.10. The predicted molar refractivity (Wildman–Crippen MR) is 77.3 cm³/mol. The lowest BCUT2D eigenvalue weighted by Crippen LogP contribution is -2.53. The minimum Gasteiger partial charge on any atom is -0.378 e. The number of piperidine rings is 1. The van der Waals surface area contributed by atoms with Gasteiger partial charge in [0, 0.05) is 5.54 Å². The zero-order valence-electron chi connectivity index (χ0n) is 11.1. The number of hydrogen-bond acceptors (Lipinski definition) is 3. The molecule has 2 rings (SSSR count). The molecule has 0 aliphatic carbocycles. The molecule has 1 aromatic carbocycles. The highest BCUT2D eigenvalue weighted by Crippen LogP contribution is 2.20. The molecule has 0 aromatic heterocycles. The number of amides is 1. The first-order valence-corrected chi connectivity index (χ1v) is 6.36. The molecule has 0 spiro atoms. The summed E-state index contributed by atoms with van der Waals surface area (Å²) in [6.07, 6.45) is 0.693. The van der Waals surface area contributed by atoms with Crippen LogP contribution in [0.5, 0.6) is 0 Å². The van der Waals surface area contributed by atoms with E-state index < -0.39 is 6.10 Å². The minimum atomic E-state index is -1.09. The number of carbonyl (C=O) groups is 1. The Labute approximate surface area is 120 Å². The SMILES string of the molecule is CC1(NC(=O)C(O)c2ccccc2)CCNCC1.Cl. The van der Waals surface area contributed by atoms with Crippen molar-refractivity contribution >= 4 is 18.3 Å². The monoisotopic (exact) mass is 284 g/mol. The van der Waals surface area contributed by atoms with Gasteiger partial charge in [-0.1, -0.05) is 30.3 Å². The largest absolute Gasteiger partial charge is 0.378 e. The van der Waals surface area contributed by atoms with Gasteiger partial charge in [-0.2, -0.15) is 0 Å². The van der Waals surface area contributed by atoms with E-state index in [1.807, 2.05) is 25.1 Å². The number of benzene rings is 1. The van der Waals surface area contributed by atoms with Crippen LogP contribution in [-0.4, -0.2) is 29.6 Å². The molecule has 1 unspecified atom stereocenters. The van der Waals surface area contributed by atoms with E-state index in [2.05, 4.69) is 10.6 Å². The zero-order valence-corrected chi connectivity index (χ0v) is 11.9. The first-order chi connectivity index (χ1) is 8.61. The van der Waals surface area contributed by atoms with Crippen LogP contribution in [0.2, 0.25) is 0 Å². The lowest BCUT2D eigenvalue weighted by atomic mass is 9.90. The second-order valence-corrected chi connectivity index (χ2v) is 5.11. The molecule has 0 bridgehead atoms. The van der Waals surface area contributed by atoms with Crippen LogP contribution in [0, 0.1) is 0 Å². The van der Waals surface area contributed by atoms with Crippen molar-refractivity contribution < 1.29 is 9.90 Å². The molecular weight excluding hydrogens is 264 g/mol. The number of halogens is 1. The van der Waals surface area contributed by atoms with E-state index in [1.54, 1.807) is 12.1 Å². The van der Waals surface area contributed by atoms with E-state index in [9.17, 15) is 9.90 Å². The van der Waals surface area contributed by atoms with Gasteiger partial charge in [0.25, 0.3) is 5.91 Å². The van der Waals surface area contributed by atoms with E-state index in [-0.39, 0.29) is 23.9 Å². The molecule has 1 fully saturated rings. The van der Waals surface area contributed by atoms with Gasteiger partial charge in [0.05, 0.1) is 0 Å². The molecule has 1 atom stereocenters. The Balaban J connectivity index is 0.00000180. The van der Waals surface area contributed by atoms with Crippen molar-refractivity contribution in [1.82, 2.24) is 10.6 Å². The standard InChI is InChI=1S/C14H20N2O2.ClH/c1-14(7-9-15-10-8-14)16-13(18)12(17)11-5-3-2-4-6-11;/h2-6,12,15,17H,7-10H2,1H3,(H,16,18);1H. The molecule has 1 aliphatic rings. The minimum absolute atomic E-state index is 0. The summed E-state index contributed by atoms with van der Waals surface area (Å²) in [5, 5.41) is 16.2. The molecular formula is C14H21ClN2O2. The fourth-order valence-electron chi connectivity index (χ4n) is 2.26. The first-order valence-electron chi connectivity index (χ1n) is 6.36. The van der Waals surface area contributed by atoms with E-state index in [0.29, 0.717) is 5.56 Å². The van der Waals surface area contributed by atoms with E-state index in [4.69, 9.17) is 0 Å². The summed E-state index contributed by atoms with van der Waals surface area (Å²) < 4.78 is 0. The van der Waals surface area contributed by atoms with Crippen LogP contribution in [-0.2, 0) is 4.79 Å². The van der Waals surface area contributed by atoms with Crippen LogP contribution in [0.25, 0.3) is 0 Å². The Kier molecular flexibility index (Phi) is 5.79. The number of aliphatic hydroxyl groups excluding tert-OH is 1. The summed E-state index contributed by atoms with van der Waals surface area (Å²) in [5.74, 6) is -0.314. The number of hydrogen-bond donors (Lipinski definition) is 3. The van der Waals surface area contributed by atoms with Crippen LogP contribution in [0.4, 0.5) is 0 Å². The molecule has 19 heavy (non-hydrogen) atoms. The second kappa shape index (κ2) is 6.89. The smallest absolute Gasteiger partial charge is 0.253 e. The van der Waals surface area contributed by atoms with Gasteiger partial charge in [-0.05, 0) is 38.4 Å². The normalized spacial score (nSPS) is 19.1. The van der Waals surface area contributed by atoms with Gasteiger partial charge in [0.15, 0.2) is 6.10 Å². The molecule has 1 saturated heterocycles. The molecule has 3 N–H and O–H groups in total. The molecule has 5 heteroatoms. The Morgan fingerprint density at radius 2 is 1.89 bits per heavy atom. The van der Waals surface area contributed by atoms with Gasteiger partial charge in [0.2, 0.25) is 0 Å². The average molecular weight is 285 g/mol. The van der Waals surface area contributed by atoms with Crippen LogP contribution >= 0.6 is 12.4 Å². The Morgan fingerprint density at radius 1 is 1.32 bits per heavy atom. The molecule has 1 amide bonds. The Morgan fingerprint density at radius 3 is 2.47 bits per heavy atom. The highest BCUT2D eigenvalue weighted by molar-refractivity contribution is 5.85. The van der Waals surface area contributed by atoms with Crippen LogP contribution in [0.15, 0.2) is 30.3 Å². The summed E-state index contributed by atoms with van der Waals surface area (Å²) in [6, 6.07) is 9.02. The maximum atomic E-state index is 12.0. The number of nitrogens with one attached hydrogen (secondary N) is 2. The first kappa shape index (κ1) is 16.0. The van der Waals surface area contributed by atoms with Crippen molar-refractivity contribution in [1.29, 1.82) is 0 Å². The van der Waals surface area contributed by atoms with Crippen molar-refractivity contribution in [2.75, 3.05) is 13.1 Å². The average Bonchev–Trinajstić information content (AvgIpc) is 2.39. The summed E-state index contributed by atoms with van der Waals surface area (Å²) in [7, 11) is 0. The van der Waals surface area contributed by atoms with Gasteiger partial charge in [0.1, 0.15) is 0 Å². The highest BCUT2D eigenvalue weighted by atomic mass is 35.5. The van der Waals surface area contributed by atoms with Crippen molar-refractivity contribution in [3.05, 3.63) is 35.9 Å². The second-order valence-electron chi connectivity index (χ2n) is 5.11. The summed E-state index contributed by atoms with van der Waals surface area (Å²) in [6.45, 7) is 3.83. The van der Waals surface area contributed by atoms with Gasteiger partial charge in [-0.15, -0.1) is 12.4 Å². The van der Waals surface area contributed by atoms with Gasteiger partial charge >= 0.3 is 0 Å². The van der Waals surface area contributed by atoms with Crippen molar-refractivity contribution in [3.63, 3.8) is 0 Å². The molecule has 106 valence electrons. The molecule has 1 aliphatic heterocycles. The molecule has 0 saturated carbocycles. The van der Waals surface area contributed by atoms with E-state index in [1.165, 1.54) is 0 Å². The maximum absolute atomic E-state index is 12.0. The topological polar surface area (TPSA) is 61.4 Å². The van der Waals surface area contributed by atoms with Crippen LogP contribution < -0.4 is 10.6 Å². The molecule has 0 radical (unpaired) electrons. The third-order valence-electron chi connectivity index (χ3n) is 3.50. The van der Waals surface area contributed by atoms with Crippen LogP contribution in [0.1, 0.15) is 31.4 Å². The number of rotatable bonds is 3. The van der Waals surface area contributed by atoms with Gasteiger partial charge in [-0.3, -0.25) is 4.79 Å². The van der Waals surface area contributed by atoms with Crippen LogP contribution in [0.3, 0.4) is 0 Å². The van der Waals surface area contributed by atoms with E-state index in [0.717, 1.165) is 25.9 Å². The maximum Gasteiger partial charge on any atom is 0.253 e. The van der Waals surface area contributed by atoms with Gasteiger partial charge < -0.3 is 15.7 Å². The fraction of sp³-hybridized carbons (Fsp3) is 0.500. The lowest BCUT2D eigenvalue weighted by molar-refractivity contribution is -0.131. The fourth-order valence-corrected chi connectivity index (χ4v) is 2.26. The van der Waals surface area contributed by atoms with Crippen molar-refractivity contribution in [2.45, 2.75) is 31.4 Å². The summed E-state index contributed by atoms with van der Waals surface area (Å²) in [4.78, 5) is 12.0. The molecule has 1 aromatic rings. The third-order valence-corrected chi connectivity index (χ3v) is 3.50. The Bertz CT molecular complexity index is 405. The van der Waals surface area contributed by atoms with Gasteiger partial charge in [-0.25, -0.2) is 0 Å².